The first-order valence-electron chi connectivity index (χ1n) is 9.73. The smallest absolute Gasteiger partial charge is 0.223 e. The Bertz CT molecular complexity index is 1250. The summed E-state index contributed by atoms with van der Waals surface area (Å²) in [6.07, 6.45) is 4.24. The van der Waals surface area contributed by atoms with Gasteiger partial charge in [0.1, 0.15) is 11.3 Å². The van der Waals surface area contributed by atoms with E-state index < -0.39 is 0 Å². The first kappa shape index (κ1) is 17.8. The summed E-state index contributed by atoms with van der Waals surface area (Å²) >= 11 is 0. The highest BCUT2D eigenvalue weighted by atomic mass is 16.5. The lowest BCUT2D eigenvalue weighted by molar-refractivity contribution is 0.00630. The molecule has 1 saturated heterocycles. The molecule has 8 nitrogen and oxygen atoms in total. The van der Waals surface area contributed by atoms with E-state index in [1.54, 1.807) is 19.2 Å². The highest BCUT2D eigenvalue weighted by Gasteiger charge is 2.27. The molecule has 4 aromatic rings. The van der Waals surface area contributed by atoms with Gasteiger partial charge >= 0.3 is 0 Å². The fourth-order valence-corrected chi connectivity index (χ4v) is 4.18. The SMILES string of the molecule is Cc1nc(Cc2nc3cnc4ccc(C#N)cc4c3n2[C@@H]2CCO[C@H](C)C2)no1. The van der Waals surface area contributed by atoms with Crippen molar-refractivity contribution in [1.29, 1.82) is 5.26 Å². The van der Waals surface area contributed by atoms with Crippen LogP contribution < -0.4 is 0 Å². The third-order valence-corrected chi connectivity index (χ3v) is 5.43. The van der Waals surface area contributed by atoms with E-state index in [9.17, 15) is 5.26 Å². The highest BCUT2D eigenvalue weighted by Crippen LogP contribution is 2.34. The predicted molar refractivity (Wildman–Crippen MR) is 105 cm³/mol. The van der Waals surface area contributed by atoms with Gasteiger partial charge in [-0.05, 0) is 38.0 Å². The molecule has 2 atom stereocenters. The molecule has 0 N–H and O–H groups in total. The van der Waals surface area contributed by atoms with Crippen LogP contribution in [-0.2, 0) is 11.2 Å². The Morgan fingerprint density at radius 1 is 1.28 bits per heavy atom. The molecule has 146 valence electrons. The number of rotatable bonds is 3. The molecule has 0 aliphatic carbocycles. The minimum atomic E-state index is 0.175. The molecule has 5 rings (SSSR count). The number of hydrogen-bond donors (Lipinski definition) is 0. The molecule has 1 aliphatic rings. The molecular formula is C21H20N6O2. The maximum Gasteiger partial charge on any atom is 0.223 e. The Morgan fingerprint density at radius 3 is 2.93 bits per heavy atom. The lowest BCUT2D eigenvalue weighted by atomic mass is 10.0. The zero-order valence-corrected chi connectivity index (χ0v) is 16.3. The third kappa shape index (κ3) is 3.13. The van der Waals surface area contributed by atoms with Crippen LogP contribution >= 0.6 is 0 Å². The van der Waals surface area contributed by atoms with Gasteiger partial charge in [-0.1, -0.05) is 5.16 Å². The molecule has 0 spiro atoms. The molecular weight excluding hydrogens is 368 g/mol. The van der Waals surface area contributed by atoms with Gasteiger partial charge in [0.2, 0.25) is 5.89 Å². The molecule has 0 bridgehead atoms. The normalized spacial score (nSPS) is 19.6. The van der Waals surface area contributed by atoms with Crippen LogP contribution in [0.4, 0.5) is 0 Å². The summed E-state index contributed by atoms with van der Waals surface area (Å²) < 4.78 is 13.2. The predicted octanol–water partition coefficient (Wildman–Crippen LogP) is 3.48. The quantitative estimate of drug-likeness (QED) is 0.529. The summed E-state index contributed by atoms with van der Waals surface area (Å²) in [5.41, 5.74) is 3.26. The van der Waals surface area contributed by atoms with Crippen LogP contribution in [0.2, 0.25) is 0 Å². The molecule has 0 saturated carbocycles. The third-order valence-electron chi connectivity index (χ3n) is 5.43. The van der Waals surface area contributed by atoms with Crippen LogP contribution in [-0.4, -0.2) is 37.4 Å². The number of aromatic nitrogens is 5. The number of imidazole rings is 1. The van der Waals surface area contributed by atoms with Gasteiger partial charge < -0.3 is 13.8 Å². The summed E-state index contributed by atoms with van der Waals surface area (Å²) in [7, 11) is 0. The molecule has 1 aliphatic heterocycles. The van der Waals surface area contributed by atoms with Crippen molar-refractivity contribution < 1.29 is 9.26 Å². The summed E-state index contributed by atoms with van der Waals surface area (Å²) in [5, 5.41) is 14.4. The highest BCUT2D eigenvalue weighted by molar-refractivity contribution is 6.02. The maximum atomic E-state index is 9.39. The lowest BCUT2D eigenvalue weighted by Gasteiger charge is -2.30. The summed E-state index contributed by atoms with van der Waals surface area (Å²) in [5.74, 6) is 2.01. The maximum absolute atomic E-state index is 9.39. The van der Waals surface area contributed by atoms with Gasteiger partial charge in [-0.15, -0.1) is 0 Å². The number of aryl methyl sites for hydroxylation is 1. The van der Waals surface area contributed by atoms with Crippen molar-refractivity contribution in [3.63, 3.8) is 0 Å². The number of ether oxygens (including phenoxy) is 1. The van der Waals surface area contributed by atoms with Crippen molar-refractivity contribution >= 4 is 21.9 Å². The van der Waals surface area contributed by atoms with E-state index in [4.69, 9.17) is 14.2 Å². The summed E-state index contributed by atoms with van der Waals surface area (Å²) in [4.78, 5) is 13.8. The Balaban J connectivity index is 1.75. The number of fused-ring (bicyclic) bond motifs is 3. The molecule has 0 amide bonds. The minimum absolute atomic E-state index is 0.175. The summed E-state index contributed by atoms with van der Waals surface area (Å²) in [6, 6.07) is 8.05. The number of pyridine rings is 1. The van der Waals surface area contributed by atoms with E-state index >= 15 is 0 Å². The van der Waals surface area contributed by atoms with Crippen molar-refractivity contribution in [3.8, 4) is 6.07 Å². The first-order chi connectivity index (χ1) is 14.1. The largest absolute Gasteiger partial charge is 0.378 e. The second-order valence-electron chi connectivity index (χ2n) is 7.50. The van der Waals surface area contributed by atoms with Crippen LogP contribution in [0, 0.1) is 18.3 Å². The van der Waals surface area contributed by atoms with Gasteiger partial charge in [-0.2, -0.15) is 10.2 Å². The van der Waals surface area contributed by atoms with Crippen LogP contribution in [0.3, 0.4) is 0 Å². The van der Waals surface area contributed by atoms with Crippen molar-refractivity contribution in [2.45, 2.75) is 45.3 Å². The molecule has 3 aromatic heterocycles. The molecule has 0 radical (unpaired) electrons. The van der Waals surface area contributed by atoms with Gasteiger partial charge in [-0.25, -0.2) is 4.98 Å². The minimum Gasteiger partial charge on any atom is -0.378 e. The average Bonchev–Trinajstić information content (AvgIpc) is 3.30. The van der Waals surface area contributed by atoms with Crippen molar-refractivity contribution in [3.05, 3.63) is 47.5 Å². The average molecular weight is 388 g/mol. The van der Waals surface area contributed by atoms with Crippen LogP contribution in [0.1, 0.15) is 48.9 Å². The Hall–Kier alpha value is -3.31. The fourth-order valence-electron chi connectivity index (χ4n) is 4.18. The lowest BCUT2D eigenvalue weighted by Crippen LogP contribution is -2.26. The first-order valence-corrected chi connectivity index (χ1v) is 9.73. The standard InChI is InChI=1S/C21H20N6O2/c1-12-7-15(5-6-28-12)27-20(9-19-24-13(2)29-26-19)25-18-11-23-17-4-3-14(10-22)8-16(17)21(18)27/h3-4,8,11-12,15H,5-7,9H2,1-2H3/t12-,15-/m1/s1. The van der Waals surface area contributed by atoms with Gasteiger partial charge in [0.05, 0.1) is 41.4 Å². The number of nitrogens with zero attached hydrogens (tertiary/aromatic N) is 6. The van der Waals surface area contributed by atoms with Crippen molar-refractivity contribution in [1.82, 2.24) is 24.7 Å². The van der Waals surface area contributed by atoms with Crippen LogP contribution in [0.15, 0.2) is 28.9 Å². The Morgan fingerprint density at radius 2 is 2.17 bits per heavy atom. The van der Waals surface area contributed by atoms with Gasteiger partial charge in [0, 0.05) is 25.0 Å². The molecule has 0 unspecified atom stereocenters. The monoisotopic (exact) mass is 388 g/mol. The van der Waals surface area contributed by atoms with Crippen molar-refractivity contribution in [2.24, 2.45) is 0 Å². The fraction of sp³-hybridized carbons (Fsp3) is 0.381. The van der Waals surface area contributed by atoms with Crippen molar-refractivity contribution in [2.75, 3.05) is 6.61 Å². The van der Waals surface area contributed by atoms with E-state index in [1.807, 2.05) is 12.1 Å². The Labute approximate surface area is 167 Å². The number of nitriles is 1. The van der Waals surface area contributed by atoms with E-state index in [-0.39, 0.29) is 12.1 Å². The van der Waals surface area contributed by atoms with Gasteiger partial charge in [0.25, 0.3) is 0 Å². The van der Waals surface area contributed by atoms with E-state index in [1.165, 1.54) is 0 Å². The van der Waals surface area contributed by atoms with Gasteiger partial charge in [0.15, 0.2) is 5.82 Å². The zero-order valence-electron chi connectivity index (χ0n) is 16.3. The second-order valence-corrected chi connectivity index (χ2v) is 7.50. The van der Waals surface area contributed by atoms with E-state index in [0.717, 1.165) is 40.6 Å². The summed E-state index contributed by atoms with van der Waals surface area (Å²) in [6.45, 7) is 4.58. The molecule has 4 heterocycles. The number of benzene rings is 1. The molecule has 8 heteroatoms. The topological polar surface area (TPSA) is 103 Å². The second kappa shape index (κ2) is 6.94. The molecule has 29 heavy (non-hydrogen) atoms. The molecule has 1 fully saturated rings. The van der Waals surface area contributed by atoms with Crippen LogP contribution in [0.5, 0.6) is 0 Å². The van der Waals surface area contributed by atoms with E-state index in [0.29, 0.717) is 30.3 Å². The van der Waals surface area contributed by atoms with Crippen LogP contribution in [0.25, 0.3) is 21.9 Å². The Kier molecular flexibility index (Phi) is 4.25. The molecule has 1 aromatic carbocycles. The van der Waals surface area contributed by atoms with E-state index in [2.05, 4.69) is 32.7 Å². The number of hydrogen-bond acceptors (Lipinski definition) is 7. The van der Waals surface area contributed by atoms with Gasteiger partial charge in [-0.3, -0.25) is 4.98 Å². The zero-order chi connectivity index (χ0) is 20.0.